The predicted molar refractivity (Wildman–Crippen MR) is 53.6 cm³/mol. The Labute approximate surface area is 78.8 Å². The molecule has 0 aliphatic carbocycles. The predicted octanol–water partition coefficient (Wildman–Crippen LogP) is 0.954. The molecule has 1 aromatic carbocycles. The highest BCUT2D eigenvalue weighted by atomic mass is 16.3. The maximum absolute atomic E-state index is 9.23. The monoisotopic (exact) mass is 180 g/mol. The minimum atomic E-state index is -0.0397. The lowest BCUT2D eigenvalue weighted by atomic mass is 10.1. The van der Waals surface area contributed by atoms with Gasteiger partial charge in [0.2, 0.25) is 0 Å². The molecule has 1 unspecified atom stereocenters. The molecule has 72 valence electrons. The average molecular weight is 180 g/mol. The number of hydrogen-bond acceptors (Lipinski definition) is 3. The molecule has 0 saturated carbocycles. The molecule has 0 radical (unpaired) electrons. The number of phenolic OH excluding ortho intramolecular Hbond substituents is 1. The zero-order valence-corrected chi connectivity index (χ0v) is 8.07. The van der Waals surface area contributed by atoms with Crippen LogP contribution >= 0.6 is 0 Å². The third-order valence-corrected chi connectivity index (χ3v) is 1.86. The highest BCUT2D eigenvalue weighted by Gasteiger charge is 2.06. The van der Waals surface area contributed by atoms with E-state index in [-0.39, 0.29) is 11.8 Å². The zero-order chi connectivity index (χ0) is 9.84. The average Bonchev–Trinajstić information content (AvgIpc) is 2.03. The van der Waals surface area contributed by atoms with Crippen molar-refractivity contribution >= 4 is 0 Å². The first kappa shape index (κ1) is 10.0. The van der Waals surface area contributed by atoms with Gasteiger partial charge < -0.3 is 15.7 Å². The van der Waals surface area contributed by atoms with Gasteiger partial charge in [-0.1, -0.05) is 12.1 Å². The molecule has 13 heavy (non-hydrogen) atoms. The Morgan fingerprint density at radius 2 is 2.15 bits per heavy atom. The van der Waals surface area contributed by atoms with E-state index in [0.29, 0.717) is 0 Å². The number of nitrogens with two attached hydrogens (primary N) is 1. The van der Waals surface area contributed by atoms with Gasteiger partial charge >= 0.3 is 0 Å². The van der Waals surface area contributed by atoms with E-state index in [1.807, 2.05) is 25.1 Å². The van der Waals surface area contributed by atoms with Crippen molar-refractivity contribution < 1.29 is 5.11 Å². The van der Waals surface area contributed by atoms with E-state index in [4.69, 9.17) is 5.73 Å². The van der Waals surface area contributed by atoms with E-state index in [1.165, 1.54) is 0 Å². The van der Waals surface area contributed by atoms with E-state index in [1.54, 1.807) is 18.2 Å². The fourth-order valence-corrected chi connectivity index (χ4v) is 1.25. The molecule has 3 nitrogen and oxygen atoms in total. The summed E-state index contributed by atoms with van der Waals surface area (Å²) in [5.74, 6) is 0.270. The summed E-state index contributed by atoms with van der Waals surface area (Å²) in [7, 11) is 3.95. The summed E-state index contributed by atoms with van der Waals surface area (Å²) in [6.45, 7) is 0.781. The highest BCUT2D eigenvalue weighted by molar-refractivity contribution is 5.29. The number of aromatic hydroxyl groups is 1. The molecule has 3 N–H and O–H groups in total. The second kappa shape index (κ2) is 4.25. The standard InChI is InChI=1S/C10H16N2O/c1-12(2)7-10(11)8-4-3-5-9(13)6-8/h3-6,10,13H,7,11H2,1-2H3. The second-order valence-electron chi connectivity index (χ2n) is 3.46. The molecule has 0 amide bonds. The SMILES string of the molecule is CN(C)CC(N)c1cccc(O)c1. The fraction of sp³-hybridized carbons (Fsp3) is 0.400. The van der Waals surface area contributed by atoms with Crippen LogP contribution in [0.2, 0.25) is 0 Å². The van der Waals surface area contributed by atoms with Crippen molar-refractivity contribution in [2.24, 2.45) is 5.73 Å². The maximum Gasteiger partial charge on any atom is 0.115 e. The molecule has 0 fully saturated rings. The van der Waals surface area contributed by atoms with Gasteiger partial charge in [-0.2, -0.15) is 0 Å². The van der Waals surface area contributed by atoms with Crippen molar-refractivity contribution in [3.05, 3.63) is 29.8 Å². The topological polar surface area (TPSA) is 49.5 Å². The van der Waals surface area contributed by atoms with Gasteiger partial charge in [0.25, 0.3) is 0 Å². The maximum atomic E-state index is 9.23. The van der Waals surface area contributed by atoms with E-state index in [0.717, 1.165) is 12.1 Å². The first-order valence-corrected chi connectivity index (χ1v) is 4.29. The van der Waals surface area contributed by atoms with Crippen molar-refractivity contribution in [3.8, 4) is 5.75 Å². The summed E-state index contributed by atoms with van der Waals surface area (Å²) in [6.07, 6.45) is 0. The van der Waals surface area contributed by atoms with Crippen LogP contribution in [0, 0.1) is 0 Å². The van der Waals surface area contributed by atoms with Crippen LogP contribution < -0.4 is 5.73 Å². The van der Waals surface area contributed by atoms with E-state index < -0.39 is 0 Å². The van der Waals surface area contributed by atoms with Gasteiger partial charge in [-0.3, -0.25) is 0 Å². The van der Waals surface area contributed by atoms with Gasteiger partial charge in [0, 0.05) is 12.6 Å². The Hall–Kier alpha value is -1.06. The third kappa shape index (κ3) is 3.05. The number of benzene rings is 1. The molecular formula is C10H16N2O. The van der Waals surface area contributed by atoms with Crippen LogP contribution in [0.15, 0.2) is 24.3 Å². The Morgan fingerprint density at radius 3 is 2.69 bits per heavy atom. The van der Waals surface area contributed by atoms with Crippen molar-refractivity contribution in [3.63, 3.8) is 0 Å². The number of rotatable bonds is 3. The lowest BCUT2D eigenvalue weighted by Gasteiger charge is -2.17. The Bertz CT molecular complexity index is 273. The van der Waals surface area contributed by atoms with Crippen molar-refractivity contribution in [1.29, 1.82) is 0 Å². The lowest BCUT2D eigenvalue weighted by molar-refractivity contribution is 0.376. The Kier molecular flexibility index (Phi) is 3.28. The minimum absolute atomic E-state index is 0.0397. The third-order valence-electron chi connectivity index (χ3n) is 1.86. The van der Waals surface area contributed by atoms with Crippen LogP contribution in [0.4, 0.5) is 0 Å². The van der Waals surface area contributed by atoms with Gasteiger partial charge in [0.1, 0.15) is 5.75 Å². The summed E-state index contributed by atoms with van der Waals surface area (Å²) >= 11 is 0. The minimum Gasteiger partial charge on any atom is -0.508 e. The summed E-state index contributed by atoms with van der Waals surface area (Å²) in [5.41, 5.74) is 6.88. The smallest absolute Gasteiger partial charge is 0.115 e. The quantitative estimate of drug-likeness (QED) is 0.728. The van der Waals surface area contributed by atoms with E-state index in [2.05, 4.69) is 0 Å². The number of nitrogens with zero attached hydrogens (tertiary/aromatic N) is 1. The fourth-order valence-electron chi connectivity index (χ4n) is 1.25. The van der Waals surface area contributed by atoms with Crippen LogP contribution in [0.5, 0.6) is 5.75 Å². The first-order chi connectivity index (χ1) is 6.09. The van der Waals surface area contributed by atoms with E-state index in [9.17, 15) is 5.11 Å². The molecule has 3 heteroatoms. The molecule has 0 heterocycles. The van der Waals surface area contributed by atoms with Gasteiger partial charge in [-0.15, -0.1) is 0 Å². The van der Waals surface area contributed by atoms with Crippen LogP contribution in [0.1, 0.15) is 11.6 Å². The van der Waals surface area contributed by atoms with E-state index >= 15 is 0 Å². The number of hydrogen-bond donors (Lipinski definition) is 2. The summed E-state index contributed by atoms with van der Waals surface area (Å²) < 4.78 is 0. The molecule has 0 saturated heterocycles. The molecule has 0 aliphatic heterocycles. The lowest BCUT2D eigenvalue weighted by Crippen LogP contribution is -2.25. The van der Waals surface area contributed by atoms with Gasteiger partial charge in [-0.05, 0) is 31.8 Å². The van der Waals surface area contributed by atoms with Crippen LogP contribution in [0.25, 0.3) is 0 Å². The largest absolute Gasteiger partial charge is 0.508 e. The Morgan fingerprint density at radius 1 is 1.46 bits per heavy atom. The number of phenols is 1. The summed E-state index contributed by atoms with van der Waals surface area (Å²) in [6, 6.07) is 7.04. The van der Waals surface area contributed by atoms with Crippen LogP contribution in [0.3, 0.4) is 0 Å². The summed E-state index contributed by atoms with van der Waals surface area (Å²) in [4.78, 5) is 2.02. The zero-order valence-electron chi connectivity index (χ0n) is 8.07. The van der Waals surface area contributed by atoms with Gasteiger partial charge in [0.05, 0.1) is 0 Å². The highest BCUT2D eigenvalue weighted by Crippen LogP contribution is 2.16. The molecule has 0 aromatic heterocycles. The molecule has 1 aromatic rings. The van der Waals surface area contributed by atoms with Crippen molar-refractivity contribution in [2.75, 3.05) is 20.6 Å². The molecule has 0 bridgehead atoms. The molecular weight excluding hydrogens is 164 g/mol. The summed E-state index contributed by atoms with van der Waals surface area (Å²) in [5, 5.41) is 9.23. The van der Waals surface area contributed by atoms with Gasteiger partial charge in [0.15, 0.2) is 0 Å². The van der Waals surface area contributed by atoms with Crippen LogP contribution in [-0.4, -0.2) is 30.6 Å². The van der Waals surface area contributed by atoms with Crippen molar-refractivity contribution in [1.82, 2.24) is 4.90 Å². The molecule has 0 aliphatic rings. The molecule has 1 atom stereocenters. The molecule has 0 spiro atoms. The molecule has 1 rings (SSSR count). The first-order valence-electron chi connectivity index (χ1n) is 4.29. The van der Waals surface area contributed by atoms with Crippen molar-refractivity contribution in [2.45, 2.75) is 6.04 Å². The van der Waals surface area contributed by atoms with Gasteiger partial charge in [-0.25, -0.2) is 0 Å². The van der Waals surface area contributed by atoms with Crippen LogP contribution in [-0.2, 0) is 0 Å². The normalized spacial score (nSPS) is 13.2. The number of likely N-dealkylation sites (N-methyl/N-ethyl adjacent to an activating group) is 1. The Balaban J connectivity index is 2.71. The second-order valence-corrected chi connectivity index (χ2v) is 3.46.